The molecule has 1 heterocycles. The molecule has 1 N–H and O–H groups in total. The van der Waals surface area contributed by atoms with Gasteiger partial charge in [0.1, 0.15) is 5.75 Å². The summed E-state index contributed by atoms with van der Waals surface area (Å²) >= 11 is 0. The Morgan fingerprint density at radius 3 is 2.62 bits per heavy atom. The first-order valence-electron chi connectivity index (χ1n) is 8.42. The molecule has 2 heteroatoms. The predicted octanol–water partition coefficient (Wildman–Crippen LogP) is 4.32. The van der Waals surface area contributed by atoms with Crippen LogP contribution in [0.4, 0.5) is 0 Å². The Kier molecular flexibility index (Phi) is 4.00. The quantitative estimate of drug-likeness (QED) is 0.894. The van der Waals surface area contributed by atoms with Crippen molar-refractivity contribution in [2.75, 3.05) is 13.2 Å². The van der Waals surface area contributed by atoms with Crippen LogP contribution in [-0.2, 0) is 13.0 Å². The van der Waals surface area contributed by atoms with Crippen molar-refractivity contribution in [1.82, 2.24) is 5.32 Å². The summed E-state index contributed by atoms with van der Waals surface area (Å²) in [4.78, 5) is 0. The van der Waals surface area contributed by atoms with Crippen LogP contribution in [0.1, 0.15) is 57.6 Å². The molecule has 3 rings (SSSR count). The van der Waals surface area contributed by atoms with E-state index in [-0.39, 0.29) is 0 Å². The van der Waals surface area contributed by atoms with E-state index in [1.807, 2.05) is 0 Å². The van der Waals surface area contributed by atoms with E-state index in [2.05, 4.69) is 44.3 Å². The van der Waals surface area contributed by atoms with Crippen molar-refractivity contribution in [3.8, 4) is 5.75 Å². The molecule has 21 heavy (non-hydrogen) atoms. The highest BCUT2D eigenvalue weighted by atomic mass is 16.5. The number of ether oxygens (including phenoxy) is 1. The Labute approximate surface area is 129 Å². The van der Waals surface area contributed by atoms with Crippen molar-refractivity contribution in [3.05, 3.63) is 29.3 Å². The van der Waals surface area contributed by atoms with Gasteiger partial charge in [-0.3, -0.25) is 0 Å². The van der Waals surface area contributed by atoms with Crippen molar-refractivity contribution in [3.63, 3.8) is 0 Å². The summed E-state index contributed by atoms with van der Waals surface area (Å²) in [6, 6.07) is 6.53. The molecule has 0 bridgehead atoms. The lowest BCUT2D eigenvalue weighted by Crippen LogP contribution is -2.34. The maximum absolute atomic E-state index is 6.28. The van der Waals surface area contributed by atoms with Crippen molar-refractivity contribution in [2.45, 2.75) is 59.4 Å². The van der Waals surface area contributed by atoms with Gasteiger partial charge in [-0.2, -0.15) is 0 Å². The zero-order chi connectivity index (χ0) is 14.9. The van der Waals surface area contributed by atoms with E-state index in [0.29, 0.717) is 10.8 Å². The number of nitrogens with one attached hydrogen (secondary N) is 1. The third-order valence-corrected chi connectivity index (χ3v) is 5.49. The zero-order valence-corrected chi connectivity index (χ0v) is 13.8. The highest BCUT2D eigenvalue weighted by Crippen LogP contribution is 2.45. The first-order chi connectivity index (χ1) is 9.98. The Hall–Kier alpha value is -1.02. The lowest BCUT2D eigenvalue weighted by molar-refractivity contribution is 0.0653. The molecule has 0 aromatic heterocycles. The SMILES string of the molecule is CC1(C)CCC(C)(COc2cccc3c2CNCC3)CC1. The van der Waals surface area contributed by atoms with E-state index in [1.165, 1.54) is 36.8 Å². The topological polar surface area (TPSA) is 21.3 Å². The van der Waals surface area contributed by atoms with Gasteiger partial charge in [0.15, 0.2) is 0 Å². The van der Waals surface area contributed by atoms with Gasteiger partial charge in [0.05, 0.1) is 6.61 Å². The highest BCUT2D eigenvalue weighted by Gasteiger charge is 2.35. The smallest absolute Gasteiger partial charge is 0.124 e. The summed E-state index contributed by atoms with van der Waals surface area (Å²) in [5.74, 6) is 1.10. The van der Waals surface area contributed by atoms with Crippen LogP contribution >= 0.6 is 0 Å². The second-order valence-corrected chi connectivity index (χ2v) is 8.08. The third kappa shape index (κ3) is 3.42. The van der Waals surface area contributed by atoms with E-state index < -0.39 is 0 Å². The molecule has 116 valence electrons. The highest BCUT2D eigenvalue weighted by molar-refractivity contribution is 5.41. The van der Waals surface area contributed by atoms with Gasteiger partial charge in [-0.15, -0.1) is 0 Å². The molecule has 1 aliphatic carbocycles. The Morgan fingerprint density at radius 2 is 1.86 bits per heavy atom. The molecule has 0 unspecified atom stereocenters. The molecule has 0 amide bonds. The van der Waals surface area contributed by atoms with E-state index in [1.54, 1.807) is 0 Å². The van der Waals surface area contributed by atoms with E-state index in [9.17, 15) is 0 Å². The van der Waals surface area contributed by atoms with Gasteiger partial charge >= 0.3 is 0 Å². The van der Waals surface area contributed by atoms with Gasteiger partial charge in [0, 0.05) is 17.5 Å². The molecular formula is C19H29NO. The van der Waals surface area contributed by atoms with Gasteiger partial charge in [0.25, 0.3) is 0 Å². The van der Waals surface area contributed by atoms with E-state index >= 15 is 0 Å². The summed E-state index contributed by atoms with van der Waals surface area (Å²) in [7, 11) is 0. The Balaban J connectivity index is 1.65. The van der Waals surface area contributed by atoms with Gasteiger partial charge in [-0.05, 0) is 55.7 Å². The second-order valence-electron chi connectivity index (χ2n) is 8.08. The molecular weight excluding hydrogens is 258 g/mol. The van der Waals surface area contributed by atoms with E-state index in [0.717, 1.165) is 31.9 Å². The minimum absolute atomic E-state index is 0.348. The standard InChI is InChI=1S/C19H29NO/c1-18(2)8-10-19(3,11-9-18)14-21-17-6-4-5-15-7-12-20-13-16(15)17/h4-6,20H,7-14H2,1-3H3. The summed E-state index contributed by atoms with van der Waals surface area (Å²) in [6.07, 6.45) is 6.33. The maximum atomic E-state index is 6.28. The first kappa shape index (κ1) is 14.9. The lowest BCUT2D eigenvalue weighted by atomic mass is 9.66. The number of fused-ring (bicyclic) bond motifs is 1. The number of hydrogen-bond acceptors (Lipinski definition) is 2. The maximum Gasteiger partial charge on any atom is 0.124 e. The average molecular weight is 287 g/mol. The largest absolute Gasteiger partial charge is 0.493 e. The van der Waals surface area contributed by atoms with Gasteiger partial charge in [-0.1, -0.05) is 32.9 Å². The molecule has 1 saturated carbocycles. The molecule has 0 atom stereocenters. The predicted molar refractivity (Wildman–Crippen MR) is 87.7 cm³/mol. The van der Waals surface area contributed by atoms with Crippen LogP contribution in [0.25, 0.3) is 0 Å². The normalized spacial score (nSPS) is 23.4. The Bertz CT molecular complexity index is 496. The number of benzene rings is 1. The minimum Gasteiger partial charge on any atom is -0.493 e. The molecule has 1 aromatic rings. The average Bonchev–Trinajstić information content (AvgIpc) is 2.49. The first-order valence-corrected chi connectivity index (χ1v) is 8.42. The van der Waals surface area contributed by atoms with Crippen molar-refractivity contribution in [2.24, 2.45) is 10.8 Å². The zero-order valence-electron chi connectivity index (χ0n) is 13.8. The molecule has 0 spiro atoms. The van der Waals surface area contributed by atoms with Crippen LogP contribution in [-0.4, -0.2) is 13.2 Å². The van der Waals surface area contributed by atoms with Crippen LogP contribution in [0, 0.1) is 10.8 Å². The summed E-state index contributed by atoms with van der Waals surface area (Å²) in [5, 5.41) is 3.46. The Morgan fingerprint density at radius 1 is 1.10 bits per heavy atom. The fourth-order valence-electron chi connectivity index (χ4n) is 3.54. The summed E-state index contributed by atoms with van der Waals surface area (Å²) in [6.45, 7) is 10.1. The van der Waals surface area contributed by atoms with Crippen molar-refractivity contribution in [1.29, 1.82) is 0 Å². The molecule has 0 radical (unpaired) electrons. The minimum atomic E-state index is 0.348. The van der Waals surface area contributed by atoms with Crippen LogP contribution in [0.15, 0.2) is 18.2 Å². The molecule has 0 saturated heterocycles. The molecule has 2 nitrogen and oxygen atoms in total. The fraction of sp³-hybridized carbons (Fsp3) is 0.684. The van der Waals surface area contributed by atoms with Crippen molar-refractivity contribution < 1.29 is 4.74 Å². The van der Waals surface area contributed by atoms with Gasteiger partial charge < -0.3 is 10.1 Å². The number of hydrogen-bond donors (Lipinski definition) is 1. The fourth-order valence-corrected chi connectivity index (χ4v) is 3.54. The molecule has 1 fully saturated rings. The van der Waals surface area contributed by atoms with Crippen LogP contribution in [0.5, 0.6) is 5.75 Å². The molecule has 1 aliphatic heterocycles. The summed E-state index contributed by atoms with van der Waals surface area (Å²) < 4.78 is 6.28. The summed E-state index contributed by atoms with van der Waals surface area (Å²) in [5.41, 5.74) is 3.71. The van der Waals surface area contributed by atoms with E-state index in [4.69, 9.17) is 4.74 Å². The molecule has 1 aromatic carbocycles. The number of rotatable bonds is 3. The van der Waals surface area contributed by atoms with Crippen LogP contribution in [0.3, 0.4) is 0 Å². The van der Waals surface area contributed by atoms with Gasteiger partial charge in [0.2, 0.25) is 0 Å². The van der Waals surface area contributed by atoms with Crippen LogP contribution in [0.2, 0.25) is 0 Å². The second kappa shape index (κ2) is 5.64. The van der Waals surface area contributed by atoms with Crippen molar-refractivity contribution >= 4 is 0 Å². The van der Waals surface area contributed by atoms with Gasteiger partial charge in [-0.25, -0.2) is 0 Å². The third-order valence-electron chi connectivity index (χ3n) is 5.49. The monoisotopic (exact) mass is 287 g/mol. The van der Waals surface area contributed by atoms with Crippen LogP contribution < -0.4 is 10.1 Å². The lowest BCUT2D eigenvalue weighted by Gasteiger charge is -2.41. The molecule has 2 aliphatic rings.